The quantitative estimate of drug-likeness (QED) is 0.548. The summed E-state index contributed by atoms with van der Waals surface area (Å²) >= 11 is 0. The predicted molar refractivity (Wildman–Crippen MR) is 68.7 cm³/mol. The van der Waals surface area contributed by atoms with Crippen molar-refractivity contribution in [1.82, 2.24) is 4.98 Å². The maximum absolute atomic E-state index is 9.17. The number of hydrazine groups is 1. The van der Waals surface area contributed by atoms with E-state index < -0.39 is 0 Å². The van der Waals surface area contributed by atoms with E-state index in [4.69, 9.17) is 15.7 Å². The number of benzene rings is 1. The molecule has 2 rings (SSSR count). The molecule has 0 amide bonds. The van der Waals surface area contributed by atoms with Crippen LogP contribution in [0.2, 0.25) is 0 Å². The van der Waals surface area contributed by atoms with Gasteiger partial charge < -0.3 is 15.3 Å². The third kappa shape index (κ3) is 2.97. The topological polar surface area (TPSA) is 80.4 Å². The van der Waals surface area contributed by atoms with Gasteiger partial charge in [0.2, 0.25) is 0 Å². The molecule has 0 saturated heterocycles. The molecule has 0 aliphatic heterocycles. The summed E-state index contributed by atoms with van der Waals surface area (Å²) in [5.41, 5.74) is 4.16. The van der Waals surface area contributed by atoms with Crippen LogP contribution in [-0.2, 0) is 13.2 Å². The molecule has 5 nitrogen and oxygen atoms in total. The van der Waals surface area contributed by atoms with Crippen LogP contribution in [0, 0.1) is 0 Å². The number of rotatable bonds is 5. The molecule has 4 N–H and O–H groups in total. The van der Waals surface area contributed by atoms with Gasteiger partial charge in [-0.3, -0.25) is 0 Å². The Morgan fingerprint density at radius 1 is 1.22 bits per heavy atom. The minimum Gasteiger partial charge on any atom is -0.488 e. The summed E-state index contributed by atoms with van der Waals surface area (Å²) in [6, 6.07) is 11.0. The second-order valence-electron chi connectivity index (χ2n) is 3.75. The highest BCUT2D eigenvalue weighted by Crippen LogP contribution is 2.19. The Morgan fingerprint density at radius 3 is 2.72 bits per heavy atom. The van der Waals surface area contributed by atoms with E-state index in [-0.39, 0.29) is 6.61 Å². The number of hydrogen-bond donors (Lipinski definition) is 3. The van der Waals surface area contributed by atoms with Gasteiger partial charge in [-0.15, -0.1) is 0 Å². The first-order valence-electron chi connectivity index (χ1n) is 5.56. The van der Waals surface area contributed by atoms with Gasteiger partial charge in [0.25, 0.3) is 0 Å². The van der Waals surface area contributed by atoms with Crippen molar-refractivity contribution in [3.05, 3.63) is 53.7 Å². The normalized spacial score (nSPS) is 10.1. The van der Waals surface area contributed by atoms with Crippen LogP contribution in [0.25, 0.3) is 0 Å². The molecule has 0 radical (unpaired) electrons. The highest BCUT2D eigenvalue weighted by atomic mass is 16.5. The number of anilines is 1. The molecular weight excluding hydrogens is 230 g/mol. The third-order valence-corrected chi connectivity index (χ3v) is 2.51. The lowest BCUT2D eigenvalue weighted by Crippen LogP contribution is -2.08. The van der Waals surface area contributed by atoms with Crippen molar-refractivity contribution in [3.63, 3.8) is 0 Å². The standard InChI is InChI=1S/C13H15N3O2/c14-16-13-6-5-10(7-15-13)9-18-12-4-2-1-3-11(12)8-17/h1-7,17H,8-9,14H2,(H,15,16). The van der Waals surface area contributed by atoms with Crippen molar-refractivity contribution in [2.45, 2.75) is 13.2 Å². The summed E-state index contributed by atoms with van der Waals surface area (Å²) in [5.74, 6) is 6.52. The number of aliphatic hydroxyl groups excluding tert-OH is 1. The van der Waals surface area contributed by atoms with Crippen LogP contribution in [0.3, 0.4) is 0 Å². The van der Waals surface area contributed by atoms with E-state index in [0.29, 0.717) is 18.2 Å². The molecule has 5 heteroatoms. The van der Waals surface area contributed by atoms with Crippen molar-refractivity contribution < 1.29 is 9.84 Å². The van der Waals surface area contributed by atoms with Crippen LogP contribution >= 0.6 is 0 Å². The van der Waals surface area contributed by atoms with Gasteiger partial charge in [-0.1, -0.05) is 24.3 Å². The largest absolute Gasteiger partial charge is 0.488 e. The lowest BCUT2D eigenvalue weighted by Gasteiger charge is -2.09. The first-order chi connectivity index (χ1) is 8.83. The average Bonchev–Trinajstić information content (AvgIpc) is 2.46. The van der Waals surface area contributed by atoms with Gasteiger partial charge >= 0.3 is 0 Å². The summed E-state index contributed by atoms with van der Waals surface area (Å²) in [6.07, 6.45) is 1.69. The molecule has 0 atom stereocenters. The maximum atomic E-state index is 9.17. The van der Waals surface area contributed by atoms with E-state index in [2.05, 4.69) is 10.4 Å². The Morgan fingerprint density at radius 2 is 2.06 bits per heavy atom. The second kappa shape index (κ2) is 6.00. The lowest BCUT2D eigenvalue weighted by molar-refractivity contribution is 0.259. The fourth-order valence-electron chi connectivity index (χ4n) is 1.53. The van der Waals surface area contributed by atoms with Crippen LogP contribution in [0.15, 0.2) is 42.6 Å². The number of aromatic nitrogens is 1. The second-order valence-corrected chi connectivity index (χ2v) is 3.75. The van der Waals surface area contributed by atoms with Gasteiger partial charge in [-0.05, 0) is 12.1 Å². The van der Waals surface area contributed by atoms with Gasteiger partial charge in [0.15, 0.2) is 0 Å². The van der Waals surface area contributed by atoms with Crippen molar-refractivity contribution in [1.29, 1.82) is 0 Å². The minimum atomic E-state index is -0.0372. The van der Waals surface area contributed by atoms with Crippen LogP contribution in [0.4, 0.5) is 5.82 Å². The lowest BCUT2D eigenvalue weighted by atomic mass is 10.2. The summed E-state index contributed by atoms with van der Waals surface area (Å²) in [6.45, 7) is 0.360. The summed E-state index contributed by atoms with van der Waals surface area (Å²) < 4.78 is 5.64. The third-order valence-electron chi connectivity index (χ3n) is 2.51. The molecule has 2 aromatic rings. The zero-order chi connectivity index (χ0) is 12.8. The van der Waals surface area contributed by atoms with E-state index in [1.807, 2.05) is 30.3 Å². The molecule has 0 aliphatic rings. The number of nitrogens with two attached hydrogens (primary N) is 1. The first-order valence-corrected chi connectivity index (χ1v) is 5.56. The number of aliphatic hydroxyl groups is 1. The summed E-state index contributed by atoms with van der Waals surface area (Å²) in [7, 11) is 0. The van der Waals surface area contributed by atoms with E-state index in [0.717, 1.165) is 11.1 Å². The van der Waals surface area contributed by atoms with Gasteiger partial charge in [0.05, 0.1) is 6.61 Å². The molecule has 0 bridgehead atoms. The molecule has 1 heterocycles. The fourth-order valence-corrected chi connectivity index (χ4v) is 1.53. The predicted octanol–water partition coefficient (Wildman–Crippen LogP) is 1.44. The molecular formula is C13H15N3O2. The molecule has 18 heavy (non-hydrogen) atoms. The Labute approximate surface area is 105 Å². The number of hydrogen-bond acceptors (Lipinski definition) is 5. The van der Waals surface area contributed by atoms with Crippen molar-refractivity contribution in [2.24, 2.45) is 5.84 Å². The zero-order valence-corrected chi connectivity index (χ0v) is 9.84. The van der Waals surface area contributed by atoms with Crippen LogP contribution in [-0.4, -0.2) is 10.1 Å². The smallest absolute Gasteiger partial charge is 0.139 e. The van der Waals surface area contributed by atoms with E-state index in [9.17, 15) is 0 Å². The Kier molecular flexibility index (Phi) is 4.11. The number of ether oxygens (including phenoxy) is 1. The number of nitrogens with zero attached hydrogens (tertiary/aromatic N) is 1. The van der Waals surface area contributed by atoms with E-state index >= 15 is 0 Å². The van der Waals surface area contributed by atoms with Crippen LogP contribution in [0.5, 0.6) is 5.75 Å². The van der Waals surface area contributed by atoms with Crippen molar-refractivity contribution >= 4 is 5.82 Å². The highest BCUT2D eigenvalue weighted by Gasteiger charge is 2.02. The molecule has 0 spiro atoms. The zero-order valence-electron chi connectivity index (χ0n) is 9.84. The van der Waals surface area contributed by atoms with Gasteiger partial charge in [0, 0.05) is 17.3 Å². The number of nitrogens with one attached hydrogen (secondary N) is 1. The molecule has 0 saturated carbocycles. The molecule has 1 aromatic heterocycles. The average molecular weight is 245 g/mol. The number of nitrogen functional groups attached to an aromatic ring is 1. The molecule has 94 valence electrons. The maximum Gasteiger partial charge on any atom is 0.139 e. The van der Waals surface area contributed by atoms with E-state index in [1.165, 1.54) is 0 Å². The summed E-state index contributed by atoms with van der Waals surface area (Å²) in [4.78, 5) is 4.09. The number of pyridine rings is 1. The van der Waals surface area contributed by atoms with Crippen LogP contribution in [0.1, 0.15) is 11.1 Å². The molecule has 0 fully saturated rings. The SMILES string of the molecule is NNc1ccc(COc2ccccc2CO)cn1. The van der Waals surface area contributed by atoms with Gasteiger partial charge in [0.1, 0.15) is 18.2 Å². The van der Waals surface area contributed by atoms with E-state index in [1.54, 1.807) is 12.3 Å². The van der Waals surface area contributed by atoms with Crippen molar-refractivity contribution in [3.8, 4) is 5.75 Å². The first kappa shape index (κ1) is 12.3. The molecule has 0 unspecified atom stereocenters. The molecule has 1 aromatic carbocycles. The fraction of sp³-hybridized carbons (Fsp3) is 0.154. The summed E-state index contributed by atoms with van der Waals surface area (Å²) in [5, 5.41) is 9.17. The monoisotopic (exact) mass is 245 g/mol. The van der Waals surface area contributed by atoms with Gasteiger partial charge in [-0.2, -0.15) is 0 Å². The van der Waals surface area contributed by atoms with Crippen LogP contribution < -0.4 is 16.0 Å². The van der Waals surface area contributed by atoms with Gasteiger partial charge in [-0.25, -0.2) is 10.8 Å². The number of para-hydroxylation sites is 1. The Balaban J connectivity index is 2.02. The Bertz CT molecular complexity index is 500. The van der Waals surface area contributed by atoms with Crippen molar-refractivity contribution in [2.75, 3.05) is 5.43 Å². The highest BCUT2D eigenvalue weighted by molar-refractivity contribution is 5.35. The Hall–Kier alpha value is -2.11. The minimum absolute atomic E-state index is 0.0372. The molecule has 0 aliphatic carbocycles.